The first-order valence-corrected chi connectivity index (χ1v) is 8.65. The minimum atomic E-state index is -0.281. The Morgan fingerprint density at radius 2 is 2.00 bits per heavy atom. The van der Waals surface area contributed by atoms with Crippen molar-refractivity contribution < 1.29 is 23.8 Å². The van der Waals surface area contributed by atoms with Crippen molar-refractivity contribution in [1.29, 1.82) is 0 Å². The van der Waals surface area contributed by atoms with E-state index < -0.39 is 0 Å². The van der Waals surface area contributed by atoms with E-state index in [1.54, 1.807) is 43.5 Å². The number of ether oxygens (including phenoxy) is 3. The lowest BCUT2D eigenvalue weighted by Crippen LogP contribution is -2.32. The molecular weight excluding hydrogens is 348 g/mol. The average Bonchev–Trinajstić information content (AvgIpc) is 2.69. The Morgan fingerprint density at radius 1 is 1.15 bits per heavy atom. The summed E-state index contributed by atoms with van der Waals surface area (Å²) in [4.78, 5) is 24.7. The molecule has 0 atom stereocenters. The van der Waals surface area contributed by atoms with Gasteiger partial charge in [0.15, 0.2) is 11.5 Å². The summed E-state index contributed by atoms with van der Waals surface area (Å²) >= 11 is 0. The van der Waals surface area contributed by atoms with Gasteiger partial charge in [0.2, 0.25) is 0 Å². The van der Waals surface area contributed by atoms with Gasteiger partial charge in [-0.15, -0.1) is 0 Å². The van der Waals surface area contributed by atoms with Crippen LogP contribution in [0.3, 0.4) is 0 Å². The van der Waals surface area contributed by atoms with Gasteiger partial charge >= 0.3 is 0 Å². The number of carbonyl (C=O) groups excluding carboxylic acids is 2. The lowest BCUT2D eigenvalue weighted by molar-refractivity contribution is 0.0944. The van der Waals surface area contributed by atoms with Crippen LogP contribution in [0.5, 0.6) is 11.5 Å². The van der Waals surface area contributed by atoms with Crippen molar-refractivity contribution in [2.45, 2.75) is 6.42 Å². The molecule has 1 heterocycles. The van der Waals surface area contributed by atoms with Gasteiger partial charge in [-0.25, -0.2) is 0 Å². The Labute approximate surface area is 157 Å². The molecule has 1 aliphatic heterocycles. The molecule has 0 spiro atoms. The van der Waals surface area contributed by atoms with Crippen molar-refractivity contribution >= 4 is 17.5 Å². The molecule has 27 heavy (non-hydrogen) atoms. The maximum Gasteiger partial charge on any atom is 0.255 e. The fourth-order valence-corrected chi connectivity index (χ4v) is 2.94. The molecule has 0 bridgehead atoms. The molecule has 7 nitrogen and oxygen atoms in total. The zero-order chi connectivity index (χ0) is 19.2. The minimum Gasteiger partial charge on any atom is -0.493 e. The van der Waals surface area contributed by atoms with Crippen molar-refractivity contribution in [1.82, 2.24) is 5.32 Å². The second-order valence-corrected chi connectivity index (χ2v) is 6.00. The number of hydrogen-bond acceptors (Lipinski definition) is 5. The van der Waals surface area contributed by atoms with Gasteiger partial charge in [0, 0.05) is 30.5 Å². The number of carbonyl (C=O) groups is 2. The van der Waals surface area contributed by atoms with Crippen LogP contribution in [0.15, 0.2) is 36.4 Å². The van der Waals surface area contributed by atoms with Crippen molar-refractivity contribution in [2.75, 3.05) is 39.3 Å². The Morgan fingerprint density at radius 3 is 2.78 bits per heavy atom. The monoisotopic (exact) mass is 370 g/mol. The quantitative estimate of drug-likeness (QED) is 0.730. The van der Waals surface area contributed by atoms with Crippen LogP contribution in [0.25, 0.3) is 0 Å². The molecule has 0 aromatic heterocycles. The SMILES string of the molecule is COCCOc1ccc(C(=O)Nc2cccc3c2CCNC3=O)cc1OC. The number of amides is 2. The van der Waals surface area contributed by atoms with E-state index in [-0.39, 0.29) is 11.8 Å². The Balaban J connectivity index is 1.79. The summed E-state index contributed by atoms with van der Waals surface area (Å²) in [6.07, 6.45) is 0.674. The van der Waals surface area contributed by atoms with Gasteiger partial charge in [-0.05, 0) is 42.3 Å². The minimum absolute atomic E-state index is 0.119. The van der Waals surface area contributed by atoms with Gasteiger partial charge in [0.25, 0.3) is 11.8 Å². The van der Waals surface area contributed by atoms with Crippen LogP contribution in [-0.4, -0.2) is 45.8 Å². The standard InChI is InChI=1S/C20H22N2O5/c1-25-10-11-27-17-7-6-13(12-18(17)26-2)19(23)22-16-5-3-4-15-14(16)8-9-21-20(15)24/h3-7,12H,8-11H2,1-2H3,(H,21,24)(H,22,23). The highest BCUT2D eigenvalue weighted by atomic mass is 16.5. The average molecular weight is 370 g/mol. The van der Waals surface area contributed by atoms with Crippen molar-refractivity contribution in [3.05, 3.63) is 53.1 Å². The zero-order valence-corrected chi connectivity index (χ0v) is 15.3. The summed E-state index contributed by atoms with van der Waals surface area (Å²) in [5.74, 6) is 0.607. The molecule has 0 unspecified atom stereocenters. The first-order valence-electron chi connectivity index (χ1n) is 8.65. The van der Waals surface area contributed by atoms with Crippen molar-refractivity contribution in [2.24, 2.45) is 0 Å². The smallest absolute Gasteiger partial charge is 0.255 e. The Bertz CT molecular complexity index is 850. The highest BCUT2D eigenvalue weighted by molar-refractivity contribution is 6.06. The summed E-state index contributed by atoms with van der Waals surface area (Å²) in [7, 11) is 3.12. The predicted molar refractivity (Wildman–Crippen MR) is 101 cm³/mol. The van der Waals surface area contributed by atoms with Crippen LogP contribution >= 0.6 is 0 Å². The molecule has 7 heteroatoms. The summed E-state index contributed by atoms with van der Waals surface area (Å²) in [5.41, 5.74) is 2.52. The zero-order valence-electron chi connectivity index (χ0n) is 15.3. The molecule has 0 saturated carbocycles. The second-order valence-electron chi connectivity index (χ2n) is 6.00. The lowest BCUT2D eigenvalue weighted by atomic mass is 9.98. The van der Waals surface area contributed by atoms with E-state index in [1.807, 2.05) is 0 Å². The van der Waals surface area contributed by atoms with Crippen molar-refractivity contribution in [3.8, 4) is 11.5 Å². The van der Waals surface area contributed by atoms with Gasteiger partial charge in [-0.3, -0.25) is 9.59 Å². The molecule has 2 aromatic carbocycles. The molecule has 2 aromatic rings. The first-order chi connectivity index (χ1) is 13.1. The Hall–Kier alpha value is -3.06. The largest absolute Gasteiger partial charge is 0.493 e. The normalized spacial score (nSPS) is 12.7. The van der Waals surface area contributed by atoms with Gasteiger partial charge in [0.05, 0.1) is 13.7 Å². The fraction of sp³-hybridized carbons (Fsp3) is 0.300. The van der Waals surface area contributed by atoms with Crippen molar-refractivity contribution in [3.63, 3.8) is 0 Å². The van der Waals surface area contributed by atoms with Crippen LogP contribution in [0.4, 0.5) is 5.69 Å². The molecule has 0 radical (unpaired) electrons. The third-order valence-corrected chi connectivity index (χ3v) is 4.30. The van der Waals surface area contributed by atoms with Crippen LogP contribution in [-0.2, 0) is 11.2 Å². The molecule has 0 fully saturated rings. The number of nitrogens with one attached hydrogen (secondary N) is 2. The molecule has 0 aliphatic carbocycles. The number of anilines is 1. The third-order valence-electron chi connectivity index (χ3n) is 4.30. The van der Waals surface area contributed by atoms with Crippen LogP contribution in [0, 0.1) is 0 Å². The number of methoxy groups -OCH3 is 2. The van der Waals surface area contributed by atoms with E-state index in [0.29, 0.717) is 54.5 Å². The van der Waals surface area contributed by atoms with E-state index in [2.05, 4.69) is 10.6 Å². The van der Waals surface area contributed by atoms with Gasteiger partial charge in [-0.1, -0.05) is 6.07 Å². The van der Waals surface area contributed by atoms with Gasteiger partial charge < -0.3 is 24.8 Å². The van der Waals surface area contributed by atoms with Crippen LogP contribution in [0.1, 0.15) is 26.3 Å². The van der Waals surface area contributed by atoms with E-state index in [9.17, 15) is 9.59 Å². The number of benzene rings is 2. The molecule has 3 rings (SSSR count). The molecule has 0 saturated heterocycles. The number of rotatable bonds is 7. The maximum atomic E-state index is 12.7. The molecule has 2 amide bonds. The van der Waals surface area contributed by atoms with Gasteiger partial charge in [-0.2, -0.15) is 0 Å². The second kappa shape index (κ2) is 8.55. The molecule has 142 valence electrons. The molecule has 2 N–H and O–H groups in total. The number of fused-ring (bicyclic) bond motifs is 1. The van der Waals surface area contributed by atoms with Crippen LogP contribution < -0.4 is 20.1 Å². The molecule has 1 aliphatic rings. The van der Waals surface area contributed by atoms with E-state index in [4.69, 9.17) is 14.2 Å². The van der Waals surface area contributed by atoms with Gasteiger partial charge in [0.1, 0.15) is 6.61 Å². The Kier molecular flexibility index (Phi) is 5.93. The summed E-state index contributed by atoms with van der Waals surface area (Å²) < 4.78 is 15.9. The highest BCUT2D eigenvalue weighted by Gasteiger charge is 2.20. The highest BCUT2D eigenvalue weighted by Crippen LogP contribution is 2.29. The third kappa shape index (κ3) is 4.20. The molecular formula is C20H22N2O5. The maximum absolute atomic E-state index is 12.7. The first kappa shape index (κ1) is 18.7. The van der Waals surface area contributed by atoms with E-state index in [1.165, 1.54) is 7.11 Å². The van der Waals surface area contributed by atoms with E-state index >= 15 is 0 Å². The fourth-order valence-electron chi connectivity index (χ4n) is 2.94. The summed E-state index contributed by atoms with van der Waals surface area (Å²) in [6, 6.07) is 10.3. The predicted octanol–water partition coefficient (Wildman–Crippen LogP) is 2.26. The van der Waals surface area contributed by atoms with Crippen LogP contribution in [0.2, 0.25) is 0 Å². The topological polar surface area (TPSA) is 85.9 Å². The summed E-state index contributed by atoms with van der Waals surface area (Å²) in [5, 5.41) is 5.70. The summed E-state index contributed by atoms with van der Waals surface area (Å²) in [6.45, 7) is 1.40. The van der Waals surface area contributed by atoms with E-state index in [0.717, 1.165) is 5.56 Å². The lowest BCUT2D eigenvalue weighted by Gasteiger charge is -2.20. The number of hydrogen-bond donors (Lipinski definition) is 2.